The van der Waals surface area contributed by atoms with E-state index >= 15 is 0 Å². The minimum Gasteiger partial charge on any atom is -0.364 e. The Hall–Kier alpha value is -1.72. The maximum Gasteiger partial charge on any atom is 0.224 e. The van der Waals surface area contributed by atoms with E-state index in [1.807, 2.05) is 36.7 Å². The fourth-order valence-electron chi connectivity index (χ4n) is 1.84. The third kappa shape index (κ3) is 2.52. The standard InChI is InChI=1S/C13H11ClN4S/c1-8-11(19-7-16-8)6-15-12-9-4-2-3-5-10(9)17-13(14)18-12/h2-5,7H,6H2,1H3,(H,15,17,18). The molecular formula is C13H11ClN4S. The van der Waals surface area contributed by atoms with Crippen LogP contribution in [-0.4, -0.2) is 15.0 Å². The number of nitrogens with zero attached hydrogens (tertiary/aromatic N) is 3. The third-order valence-corrected chi connectivity index (χ3v) is 3.94. The average Bonchev–Trinajstić information content (AvgIpc) is 2.81. The zero-order valence-corrected chi connectivity index (χ0v) is 11.8. The maximum absolute atomic E-state index is 5.94. The zero-order valence-electron chi connectivity index (χ0n) is 10.2. The molecule has 96 valence electrons. The highest BCUT2D eigenvalue weighted by Crippen LogP contribution is 2.23. The molecule has 3 aromatic rings. The van der Waals surface area contributed by atoms with E-state index in [9.17, 15) is 0 Å². The number of thiazole rings is 1. The largest absolute Gasteiger partial charge is 0.364 e. The molecule has 0 saturated heterocycles. The van der Waals surface area contributed by atoms with Crippen LogP contribution < -0.4 is 5.32 Å². The summed E-state index contributed by atoms with van der Waals surface area (Å²) in [6.07, 6.45) is 0. The number of anilines is 1. The van der Waals surface area contributed by atoms with Crippen LogP contribution in [0.2, 0.25) is 5.28 Å². The second-order valence-electron chi connectivity index (χ2n) is 4.07. The summed E-state index contributed by atoms with van der Waals surface area (Å²) in [5.41, 5.74) is 3.73. The summed E-state index contributed by atoms with van der Waals surface area (Å²) in [7, 11) is 0. The van der Waals surface area contributed by atoms with Gasteiger partial charge in [-0.15, -0.1) is 11.3 Å². The van der Waals surface area contributed by atoms with Crippen molar-refractivity contribution in [3.05, 3.63) is 45.6 Å². The SMILES string of the molecule is Cc1ncsc1CNc1nc(Cl)nc2ccccc12. The van der Waals surface area contributed by atoms with Crippen molar-refractivity contribution in [1.29, 1.82) is 0 Å². The van der Waals surface area contributed by atoms with Crippen molar-refractivity contribution in [3.63, 3.8) is 0 Å². The summed E-state index contributed by atoms with van der Waals surface area (Å²) < 4.78 is 0. The van der Waals surface area contributed by atoms with Crippen LogP contribution in [0.25, 0.3) is 10.9 Å². The smallest absolute Gasteiger partial charge is 0.224 e. The molecule has 0 aliphatic carbocycles. The molecule has 0 atom stereocenters. The quantitative estimate of drug-likeness (QED) is 0.748. The van der Waals surface area contributed by atoms with Crippen LogP contribution in [0.3, 0.4) is 0 Å². The Morgan fingerprint density at radius 3 is 2.89 bits per heavy atom. The minimum atomic E-state index is 0.252. The molecule has 0 fully saturated rings. The average molecular weight is 291 g/mol. The van der Waals surface area contributed by atoms with Crippen molar-refractivity contribution >= 4 is 39.7 Å². The number of para-hydroxylation sites is 1. The van der Waals surface area contributed by atoms with Gasteiger partial charge < -0.3 is 5.32 Å². The lowest BCUT2D eigenvalue weighted by molar-refractivity contribution is 1.09. The monoisotopic (exact) mass is 290 g/mol. The van der Waals surface area contributed by atoms with Gasteiger partial charge in [-0.1, -0.05) is 12.1 Å². The van der Waals surface area contributed by atoms with Gasteiger partial charge in [0.2, 0.25) is 5.28 Å². The van der Waals surface area contributed by atoms with Crippen LogP contribution in [0, 0.1) is 6.92 Å². The van der Waals surface area contributed by atoms with Crippen LogP contribution in [-0.2, 0) is 6.54 Å². The Bertz CT molecular complexity index is 725. The number of aromatic nitrogens is 3. The van der Waals surface area contributed by atoms with Crippen molar-refractivity contribution in [3.8, 4) is 0 Å². The number of hydrogen-bond donors (Lipinski definition) is 1. The second kappa shape index (κ2) is 5.11. The van der Waals surface area contributed by atoms with E-state index in [2.05, 4.69) is 20.3 Å². The second-order valence-corrected chi connectivity index (χ2v) is 5.35. The highest BCUT2D eigenvalue weighted by Gasteiger charge is 2.07. The molecular weight excluding hydrogens is 280 g/mol. The topological polar surface area (TPSA) is 50.7 Å². The molecule has 0 aliphatic heterocycles. The van der Waals surface area contributed by atoms with Gasteiger partial charge in [-0.3, -0.25) is 0 Å². The van der Waals surface area contributed by atoms with Gasteiger partial charge in [-0.05, 0) is 30.7 Å². The van der Waals surface area contributed by atoms with Crippen molar-refractivity contribution in [1.82, 2.24) is 15.0 Å². The number of rotatable bonds is 3. The summed E-state index contributed by atoms with van der Waals surface area (Å²) >= 11 is 7.57. The minimum absolute atomic E-state index is 0.252. The van der Waals surface area contributed by atoms with Crippen molar-refractivity contribution in [2.75, 3.05) is 5.32 Å². The van der Waals surface area contributed by atoms with E-state index in [1.165, 1.54) is 4.88 Å². The van der Waals surface area contributed by atoms with E-state index in [1.54, 1.807) is 11.3 Å². The van der Waals surface area contributed by atoms with Crippen LogP contribution in [0.5, 0.6) is 0 Å². The first-order valence-corrected chi connectivity index (χ1v) is 7.05. The number of benzene rings is 1. The van der Waals surface area contributed by atoms with Crippen LogP contribution in [0.4, 0.5) is 5.82 Å². The molecule has 2 aromatic heterocycles. The van der Waals surface area contributed by atoms with Gasteiger partial charge in [0.15, 0.2) is 0 Å². The van der Waals surface area contributed by atoms with Crippen LogP contribution in [0.1, 0.15) is 10.6 Å². The summed E-state index contributed by atoms with van der Waals surface area (Å²) in [4.78, 5) is 13.9. The number of nitrogens with one attached hydrogen (secondary N) is 1. The normalized spacial score (nSPS) is 10.8. The van der Waals surface area contributed by atoms with Gasteiger partial charge in [0.25, 0.3) is 0 Å². The van der Waals surface area contributed by atoms with E-state index < -0.39 is 0 Å². The molecule has 1 aromatic carbocycles. The summed E-state index contributed by atoms with van der Waals surface area (Å²) in [5.74, 6) is 0.753. The van der Waals surface area contributed by atoms with Gasteiger partial charge >= 0.3 is 0 Å². The first-order valence-electron chi connectivity index (χ1n) is 5.79. The molecule has 19 heavy (non-hydrogen) atoms. The predicted octanol–water partition coefficient (Wildman–Crippen LogP) is 3.66. The Labute approximate surface area is 119 Å². The summed E-state index contributed by atoms with van der Waals surface area (Å²) in [6, 6.07) is 7.80. The van der Waals surface area contributed by atoms with Gasteiger partial charge in [-0.2, -0.15) is 0 Å². The maximum atomic E-state index is 5.94. The summed E-state index contributed by atoms with van der Waals surface area (Å²) in [5, 5.41) is 4.53. The Morgan fingerprint density at radius 2 is 2.11 bits per heavy atom. The predicted molar refractivity (Wildman–Crippen MR) is 78.7 cm³/mol. The number of fused-ring (bicyclic) bond motifs is 1. The highest BCUT2D eigenvalue weighted by atomic mass is 35.5. The van der Waals surface area contributed by atoms with E-state index in [0.717, 1.165) is 22.4 Å². The third-order valence-electron chi connectivity index (χ3n) is 2.84. The highest BCUT2D eigenvalue weighted by molar-refractivity contribution is 7.09. The number of halogens is 1. The molecule has 2 heterocycles. The molecule has 0 spiro atoms. The lowest BCUT2D eigenvalue weighted by Gasteiger charge is -2.08. The first-order chi connectivity index (χ1) is 9.24. The lowest BCUT2D eigenvalue weighted by atomic mass is 10.2. The van der Waals surface area contributed by atoms with E-state index in [4.69, 9.17) is 11.6 Å². The van der Waals surface area contributed by atoms with Crippen LogP contribution in [0.15, 0.2) is 29.8 Å². The number of aryl methyl sites for hydroxylation is 1. The fourth-order valence-corrected chi connectivity index (χ4v) is 2.74. The molecule has 0 radical (unpaired) electrons. The van der Waals surface area contributed by atoms with E-state index in [0.29, 0.717) is 6.54 Å². The van der Waals surface area contributed by atoms with Crippen LogP contribution >= 0.6 is 22.9 Å². The van der Waals surface area contributed by atoms with E-state index in [-0.39, 0.29) is 5.28 Å². The molecule has 0 aliphatic rings. The van der Waals surface area contributed by atoms with Gasteiger partial charge in [-0.25, -0.2) is 15.0 Å². The first kappa shape index (κ1) is 12.3. The molecule has 0 bridgehead atoms. The molecule has 0 saturated carbocycles. The Morgan fingerprint density at radius 1 is 1.26 bits per heavy atom. The van der Waals surface area contributed by atoms with Crippen molar-refractivity contribution in [2.45, 2.75) is 13.5 Å². The van der Waals surface area contributed by atoms with Crippen molar-refractivity contribution in [2.24, 2.45) is 0 Å². The van der Waals surface area contributed by atoms with Gasteiger partial charge in [0.05, 0.1) is 23.3 Å². The summed E-state index contributed by atoms with van der Waals surface area (Å²) in [6.45, 7) is 2.69. The fraction of sp³-hybridized carbons (Fsp3) is 0.154. The molecule has 4 nitrogen and oxygen atoms in total. The van der Waals surface area contributed by atoms with Crippen molar-refractivity contribution < 1.29 is 0 Å². The molecule has 1 N–H and O–H groups in total. The number of hydrogen-bond acceptors (Lipinski definition) is 5. The van der Waals surface area contributed by atoms with Gasteiger partial charge in [0, 0.05) is 10.3 Å². The molecule has 0 amide bonds. The lowest BCUT2D eigenvalue weighted by Crippen LogP contribution is -2.03. The molecule has 0 unspecified atom stereocenters. The molecule has 3 rings (SSSR count). The zero-order chi connectivity index (χ0) is 13.2. The Kier molecular flexibility index (Phi) is 3.31. The van der Waals surface area contributed by atoms with Gasteiger partial charge in [0.1, 0.15) is 5.82 Å². The molecule has 6 heteroatoms. The Balaban J connectivity index is 1.94.